The first-order valence-corrected chi connectivity index (χ1v) is 9.57. The van der Waals surface area contributed by atoms with Gasteiger partial charge >= 0.3 is 0 Å². The highest BCUT2D eigenvalue weighted by Gasteiger charge is 2.66. The zero-order valence-electron chi connectivity index (χ0n) is 14.7. The van der Waals surface area contributed by atoms with Gasteiger partial charge in [0.2, 0.25) is 10.4 Å². The molecule has 3 aliphatic rings. The molecule has 0 radical (unpaired) electrons. The Bertz CT molecular complexity index is 745. The van der Waals surface area contributed by atoms with Crippen molar-refractivity contribution in [3.05, 3.63) is 15.7 Å². The van der Waals surface area contributed by atoms with Crippen molar-refractivity contribution in [3.8, 4) is 0 Å². The largest absolute Gasteiger partial charge is 0.378 e. The van der Waals surface area contributed by atoms with E-state index in [-0.39, 0.29) is 37.2 Å². The molecular formula is C14H19ClN6O5S. The van der Waals surface area contributed by atoms with Crippen LogP contribution >= 0.6 is 23.1 Å². The molecule has 0 saturated carbocycles. The summed E-state index contributed by atoms with van der Waals surface area (Å²) >= 11 is 6.96. The van der Waals surface area contributed by atoms with Gasteiger partial charge in [-0.15, -0.1) is 0 Å². The summed E-state index contributed by atoms with van der Waals surface area (Å²) in [4.78, 5) is 6.83. The first-order valence-electron chi connectivity index (χ1n) is 8.42. The molecule has 1 aromatic rings. The SMILES string of the molecule is CC1(C)O[C@@H]2[C@@H](Nc3nc(Cl)ns3)[C@H]3OC[C@](COCCN=[N+]=[N-])(O3)[C@@H]2O1. The fourth-order valence-electron chi connectivity index (χ4n) is 3.57. The van der Waals surface area contributed by atoms with Crippen LogP contribution < -0.4 is 5.32 Å². The molecule has 0 unspecified atom stereocenters. The smallest absolute Gasteiger partial charge is 0.236 e. The van der Waals surface area contributed by atoms with Crippen molar-refractivity contribution in [3.63, 3.8) is 0 Å². The van der Waals surface area contributed by atoms with Gasteiger partial charge in [0.15, 0.2) is 12.1 Å². The zero-order chi connectivity index (χ0) is 19.1. The first-order chi connectivity index (χ1) is 12.9. The molecule has 27 heavy (non-hydrogen) atoms. The lowest BCUT2D eigenvalue weighted by Crippen LogP contribution is -2.63. The molecule has 4 rings (SSSR count). The van der Waals surface area contributed by atoms with E-state index in [4.69, 9.17) is 40.8 Å². The molecule has 4 heterocycles. The Morgan fingerprint density at radius 2 is 2.30 bits per heavy atom. The van der Waals surface area contributed by atoms with Gasteiger partial charge in [0.1, 0.15) is 23.9 Å². The summed E-state index contributed by atoms with van der Waals surface area (Å²) in [5.74, 6) is -0.778. The van der Waals surface area contributed by atoms with Crippen LogP contribution in [0.3, 0.4) is 0 Å². The highest BCUT2D eigenvalue weighted by Crippen LogP contribution is 2.47. The molecule has 3 fully saturated rings. The van der Waals surface area contributed by atoms with Gasteiger partial charge in [-0.3, -0.25) is 0 Å². The molecule has 11 nitrogen and oxygen atoms in total. The van der Waals surface area contributed by atoms with E-state index in [0.29, 0.717) is 11.7 Å². The van der Waals surface area contributed by atoms with Crippen LogP contribution in [-0.2, 0) is 23.7 Å². The summed E-state index contributed by atoms with van der Waals surface area (Å²) in [6.45, 7) is 4.78. The van der Waals surface area contributed by atoms with Gasteiger partial charge in [0.05, 0.1) is 19.8 Å². The second-order valence-corrected chi connectivity index (χ2v) is 8.02. The van der Waals surface area contributed by atoms with E-state index in [9.17, 15) is 0 Å². The lowest BCUT2D eigenvalue weighted by atomic mass is 9.88. The number of nitrogens with zero attached hydrogens (tertiary/aromatic N) is 5. The fraction of sp³-hybridized carbons (Fsp3) is 0.857. The molecule has 3 aliphatic heterocycles. The number of hydrogen-bond acceptors (Lipinski definition) is 10. The van der Waals surface area contributed by atoms with Gasteiger partial charge in [0, 0.05) is 23.0 Å². The summed E-state index contributed by atoms with van der Waals surface area (Å²) in [5, 5.41) is 7.43. The lowest BCUT2D eigenvalue weighted by molar-refractivity contribution is -0.206. The predicted molar refractivity (Wildman–Crippen MR) is 94.5 cm³/mol. The number of hydrogen-bond donors (Lipinski definition) is 1. The molecular weight excluding hydrogens is 400 g/mol. The molecule has 0 aliphatic carbocycles. The summed E-state index contributed by atoms with van der Waals surface area (Å²) in [7, 11) is 0. The third kappa shape index (κ3) is 3.71. The molecule has 0 amide bonds. The average Bonchev–Trinajstić information content (AvgIpc) is 3.29. The minimum Gasteiger partial charge on any atom is -0.378 e. The van der Waals surface area contributed by atoms with Gasteiger partial charge < -0.3 is 29.0 Å². The van der Waals surface area contributed by atoms with E-state index in [0.717, 1.165) is 11.5 Å². The first kappa shape index (κ1) is 19.1. The third-order valence-electron chi connectivity index (χ3n) is 4.57. The quantitative estimate of drug-likeness (QED) is 0.307. The number of rotatable bonds is 7. The van der Waals surface area contributed by atoms with E-state index in [1.54, 1.807) is 0 Å². The lowest BCUT2D eigenvalue weighted by Gasteiger charge is -2.42. The van der Waals surface area contributed by atoms with Crippen LogP contribution in [0.2, 0.25) is 5.28 Å². The maximum atomic E-state index is 8.35. The molecule has 3 saturated heterocycles. The van der Waals surface area contributed by atoms with Crippen LogP contribution in [0.25, 0.3) is 10.4 Å². The molecule has 2 bridgehead atoms. The number of azide groups is 1. The minimum atomic E-state index is -0.795. The minimum absolute atomic E-state index is 0.176. The van der Waals surface area contributed by atoms with Gasteiger partial charge in [-0.1, -0.05) is 5.11 Å². The molecule has 13 heteroatoms. The third-order valence-corrected chi connectivity index (χ3v) is 5.49. The Hall–Kier alpha value is -1.24. The van der Waals surface area contributed by atoms with E-state index in [1.807, 2.05) is 13.8 Å². The van der Waals surface area contributed by atoms with Crippen molar-refractivity contribution in [1.29, 1.82) is 0 Å². The van der Waals surface area contributed by atoms with Crippen LogP contribution in [0.4, 0.5) is 5.13 Å². The number of aromatic nitrogens is 2. The monoisotopic (exact) mass is 418 g/mol. The summed E-state index contributed by atoms with van der Waals surface area (Å²) in [6, 6.07) is -0.348. The van der Waals surface area contributed by atoms with Crippen LogP contribution in [0.15, 0.2) is 5.11 Å². The maximum absolute atomic E-state index is 8.35. The number of fused-ring (bicyclic) bond motifs is 4. The zero-order valence-corrected chi connectivity index (χ0v) is 16.3. The highest BCUT2D eigenvalue weighted by atomic mass is 35.5. The Balaban J connectivity index is 1.52. The average molecular weight is 419 g/mol. The Morgan fingerprint density at radius 3 is 3.04 bits per heavy atom. The number of ether oxygens (including phenoxy) is 5. The fourth-order valence-corrected chi connectivity index (χ4v) is 4.33. The second kappa shape index (κ2) is 7.30. The molecule has 5 atom stereocenters. The number of nitrogens with one attached hydrogen (secondary N) is 1. The van der Waals surface area contributed by atoms with Crippen molar-refractivity contribution < 1.29 is 23.7 Å². The van der Waals surface area contributed by atoms with Crippen LogP contribution in [0.5, 0.6) is 0 Å². The summed E-state index contributed by atoms with van der Waals surface area (Å²) in [6.07, 6.45) is -1.32. The Kier molecular flexibility index (Phi) is 5.16. The second-order valence-electron chi connectivity index (χ2n) is 6.93. The summed E-state index contributed by atoms with van der Waals surface area (Å²) < 4.78 is 34.0. The molecule has 0 aromatic carbocycles. The van der Waals surface area contributed by atoms with Crippen molar-refractivity contribution in [2.45, 2.75) is 49.8 Å². The maximum Gasteiger partial charge on any atom is 0.236 e. The van der Waals surface area contributed by atoms with Gasteiger partial charge in [-0.25, -0.2) is 0 Å². The number of halogens is 1. The van der Waals surface area contributed by atoms with E-state index >= 15 is 0 Å². The standard InChI is InChI=1S/C14H19ClN6O5S/c1-13(2)24-8-7(18-12-19-11(15)20-27-12)10-23-6-14(26-10,9(8)25-13)5-22-4-3-17-21-16/h7-10H,3-6H2,1-2H3,(H,18,19,20)/t7-,8-,9-,10+,14+/m1/s1. The normalized spacial score (nSPS) is 36.3. The van der Waals surface area contributed by atoms with Crippen molar-refractivity contribution in [1.82, 2.24) is 9.36 Å². The van der Waals surface area contributed by atoms with Gasteiger partial charge in [-0.05, 0) is 31.0 Å². The van der Waals surface area contributed by atoms with E-state index in [1.165, 1.54) is 0 Å². The molecule has 0 spiro atoms. The Morgan fingerprint density at radius 1 is 1.44 bits per heavy atom. The van der Waals surface area contributed by atoms with Crippen molar-refractivity contribution >= 4 is 28.3 Å². The van der Waals surface area contributed by atoms with Crippen LogP contribution in [0, 0.1) is 0 Å². The van der Waals surface area contributed by atoms with Crippen LogP contribution in [-0.4, -0.2) is 71.7 Å². The topological polar surface area (TPSA) is 133 Å². The predicted octanol–water partition coefficient (Wildman–Crippen LogP) is 1.94. The summed E-state index contributed by atoms with van der Waals surface area (Å²) in [5.41, 5.74) is 7.55. The van der Waals surface area contributed by atoms with Gasteiger partial charge in [-0.2, -0.15) is 9.36 Å². The number of anilines is 1. The molecule has 1 N–H and O–H groups in total. The van der Waals surface area contributed by atoms with E-state index in [2.05, 4.69) is 24.7 Å². The van der Waals surface area contributed by atoms with E-state index < -0.39 is 23.8 Å². The highest BCUT2D eigenvalue weighted by molar-refractivity contribution is 7.09. The molecule has 148 valence electrons. The van der Waals surface area contributed by atoms with Crippen molar-refractivity contribution in [2.24, 2.45) is 5.11 Å². The Labute approximate surface area is 164 Å². The molecule has 1 aromatic heterocycles. The van der Waals surface area contributed by atoms with Crippen LogP contribution in [0.1, 0.15) is 13.8 Å². The van der Waals surface area contributed by atoms with Crippen molar-refractivity contribution in [2.75, 3.05) is 31.7 Å². The van der Waals surface area contributed by atoms with Gasteiger partial charge in [0.25, 0.3) is 0 Å².